The first-order chi connectivity index (χ1) is 9.54. The van der Waals surface area contributed by atoms with E-state index in [1.807, 2.05) is 24.4 Å². The molecule has 2 aromatic heterocycles. The smallest absolute Gasteiger partial charge is 0.157 e. The first kappa shape index (κ1) is 13.1. The average molecular weight is 283 g/mol. The van der Waals surface area contributed by atoms with Crippen LogP contribution >= 0.6 is 11.3 Å². The highest BCUT2D eigenvalue weighted by molar-refractivity contribution is 7.10. The molecule has 0 aliphatic heterocycles. The Morgan fingerprint density at radius 2 is 1.85 bits per heavy atom. The summed E-state index contributed by atoms with van der Waals surface area (Å²) in [6.45, 7) is 6.52. The normalized spacial score (nSPS) is 11.8. The largest absolute Gasteiger partial charge is 0.337 e. The van der Waals surface area contributed by atoms with Crippen molar-refractivity contribution in [3.63, 3.8) is 0 Å². The summed E-state index contributed by atoms with van der Waals surface area (Å²) in [4.78, 5) is 12.5. The molecule has 0 radical (unpaired) electrons. The number of imidazole rings is 1. The van der Waals surface area contributed by atoms with E-state index in [1.54, 1.807) is 11.3 Å². The van der Waals surface area contributed by atoms with Gasteiger partial charge < -0.3 is 4.98 Å². The van der Waals surface area contributed by atoms with Gasteiger partial charge in [0.25, 0.3) is 0 Å². The van der Waals surface area contributed by atoms with Gasteiger partial charge in [-0.25, -0.2) is 9.97 Å². The Bertz CT molecular complexity index is 705. The van der Waals surface area contributed by atoms with Crippen molar-refractivity contribution in [2.75, 3.05) is 0 Å². The van der Waals surface area contributed by atoms with Crippen LogP contribution in [0.5, 0.6) is 0 Å². The van der Waals surface area contributed by atoms with Crippen molar-refractivity contribution in [2.24, 2.45) is 0 Å². The number of aromatic nitrogens is 3. The van der Waals surface area contributed by atoms with Gasteiger partial charge in [0.1, 0.15) is 5.69 Å². The van der Waals surface area contributed by atoms with Gasteiger partial charge in [0.15, 0.2) is 5.82 Å². The molecule has 3 rings (SSSR count). The van der Waals surface area contributed by atoms with E-state index in [4.69, 9.17) is 0 Å². The molecule has 0 aliphatic carbocycles. The van der Waals surface area contributed by atoms with Crippen molar-refractivity contribution < 1.29 is 0 Å². The zero-order chi connectivity index (χ0) is 14.2. The highest BCUT2D eigenvalue weighted by Crippen LogP contribution is 2.29. The SMILES string of the molecule is CC(C)(C)c1nc(-c2ncc(-c3ccccc3)[nH]2)cs1. The van der Waals surface area contributed by atoms with Crippen LogP contribution in [-0.2, 0) is 5.41 Å². The molecule has 0 aliphatic rings. The summed E-state index contributed by atoms with van der Waals surface area (Å²) in [6.07, 6.45) is 1.86. The maximum absolute atomic E-state index is 4.68. The van der Waals surface area contributed by atoms with Crippen LogP contribution < -0.4 is 0 Å². The number of thiazole rings is 1. The predicted molar refractivity (Wildman–Crippen MR) is 83.8 cm³/mol. The van der Waals surface area contributed by atoms with E-state index in [1.165, 1.54) is 0 Å². The number of H-pyrrole nitrogens is 1. The summed E-state index contributed by atoms with van der Waals surface area (Å²) in [7, 11) is 0. The van der Waals surface area contributed by atoms with E-state index in [2.05, 4.69) is 53.2 Å². The van der Waals surface area contributed by atoms with Crippen LogP contribution in [0.25, 0.3) is 22.8 Å². The molecular formula is C16H17N3S. The van der Waals surface area contributed by atoms with Crippen LogP contribution in [0, 0.1) is 0 Å². The number of aromatic amines is 1. The van der Waals surface area contributed by atoms with Gasteiger partial charge in [0.05, 0.1) is 16.9 Å². The Morgan fingerprint density at radius 1 is 1.10 bits per heavy atom. The molecule has 0 bridgehead atoms. The Kier molecular flexibility index (Phi) is 3.18. The lowest BCUT2D eigenvalue weighted by Crippen LogP contribution is -2.10. The van der Waals surface area contributed by atoms with Gasteiger partial charge in [-0.2, -0.15) is 0 Å². The molecule has 2 heterocycles. The second kappa shape index (κ2) is 4.87. The van der Waals surface area contributed by atoms with Gasteiger partial charge in [0.2, 0.25) is 0 Å². The van der Waals surface area contributed by atoms with Crippen LogP contribution in [0.3, 0.4) is 0 Å². The minimum atomic E-state index is 0.0811. The Labute approximate surface area is 122 Å². The number of benzene rings is 1. The molecule has 0 saturated carbocycles. The molecule has 0 amide bonds. The fourth-order valence-electron chi connectivity index (χ4n) is 1.94. The quantitative estimate of drug-likeness (QED) is 0.752. The highest BCUT2D eigenvalue weighted by Gasteiger charge is 2.19. The standard InChI is InChI=1S/C16H17N3S/c1-16(2,3)15-19-13(10-20-15)14-17-9-12(18-14)11-7-5-4-6-8-11/h4-10H,1-3H3,(H,17,18). The summed E-state index contributed by atoms with van der Waals surface area (Å²) in [6, 6.07) is 10.2. The lowest BCUT2D eigenvalue weighted by Gasteiger charge is -2.13. The van der Waals surface area contributed by atoms with Gasteiger partial charge in [-0.05, 0) is 5.56 Å². The van der Waals surface area contributed by atoms with Crippen LogP contribution in [0.4, 0.5) is 0 Å². The van der Waals surface area contributed by atoms with Gasteiger partial charge in [-0.3, -0.25) is 0 Å². The molecule has 0 fully saturated rings. The summed E-state index contributed by atoms with van der Waals surface area (Å²) in [5, 5.41) is 3.19. The maximum Gasteiger partial charge on any atom is 0.157 e. The lowest BCUT2D eigenvalue weighted by atomic mass is 9.98. The predicted octanol–water partition coefficient (Wildman–Crippen LogP) is 4.50. The second-order valence-electron chi connectivity index (χ2n) is 5.80. The topological polar surface area (TPSA) is 41.6 Å². The Hall–Kier alpha value is -1.94. The molecule has 0 atom stereocenters. The highest BCUT2D eigenvalue weighted by atomic mass is 32.1. The summed E-state index contributed by atoms with van der Waals surface area (Å²) < 4.78 is 0. The molecule has 0 unspecified atom stereocenters. The third-order valence-electron chi connectivity index (χ3n) is 3.05. The molecule has 20 heavy (non-hydrogen) atoms. The average Bonchev–Trinajstić information content (AvgIpc) is 3.08. The third kappa shape index (κ3) is 2.51. The number of hydrogen-bond acceptors (Lipinski definition) is 3. The van der Waals surface area contributed by atoms with E-state index in [0.29, 0.717) is 0 Å². The molecule has 0 saturated heterocycles. The fourth-order valence-corrected chi connectivity index (χ4v) is 2.83. The van der Waals surface area contributed by atoms with Crippen LogP contribution in [0.1, 0.15) is 25.8 Å². The Balaban J connectivity index is 1.93. The van der Waals surface area contributed by atoms with Gasteiger partial charge in [0, 0.05) is 10.8 Å². The third-order valence-corrected chi connectivity index (χ3v) is 4.32. The zero-order valence-electron chi connectivity index (χ0n) is 11.8. The second-order valence-corrected chi connectivity index (χ2v) is 6.66. The molecule has 0 spiro atoms. The first-order valence-corrected chi connectivity index (χ1v) is 7.49. The van der Waals surface area contributed by atoms with Crippen molar-refractivity contribution in [2.45, 2.75) is 26.2 Å². The van der Waals surface area contributed by atoms with Crippen molar-refractivity contribution in [3.05, 3.63) is 46.9 Å². The number of nitrogens with zero attached hydrogens (tertiary/aromatic N) is 2. The van der Waals surface area contributed by atoms with Gasteiger partial charge in [-0.1, -0.05) is 51.1 Å². The number of hydrogen-bond donors (Lipinski definition) is 1. The molecule has 3 nitrogen and oxygen atoms in total. The van der Waals surface area contributed by atoms with E-state index in [9.17, 15) is 0 Å². The lowest BCUT2D eigenvalue weighted by molar-refractivity contribution is 0.586. The van der Waals surface area contributed by atoms with Gasteiger partial charge >= 0.3 is 0 Å². The van der Waals surface area contributed by atoms with Gasteiger partial charge in [-0.15, -0.1) is 11.3 Å². The summed E-state index contributed by atoms with van der Waals surface area (Å²) in [5.41, 5.74) is 3.16. The van der Waals surface area contributed by atoms with E-state index >= 15 is 0 Å². The van der Waals surface area contributed by atoms with Crippen molar-refractivity contribution >= 4 is 11.3 Å². The summed E-state index contributed by atoms with van der Waals surface area (Å²) in [5.74, 6) is 0.829. The van der Waals surface area contributed by atoms with Crippen LogP contribution in [0.15, 0.2) is 41.9 Å². The molecule has 4 heteroatoms. The first-order valence-electron chi connectivity index (χ1n) is 6.61. The number of rotatable bonds is 2. The van der Waals surface area contributed by atoms with Crippen molar-refractivity contribution in [1.29, 1.82) is 0 Å². The minimum Gasteiger partial charge on any atom is -0.337 e. The zero-order valence-corrected chi connectivity index (χ0v) is 12.7. The van der Waals surface area contributed by atoms with Crippen molar-refractivity contribution in [1.82, 2.24) is 15.0 Å². The van der Waals surface area contributed by atoms with E-state index < -0.39 is 0 Å². The molecule has 102 valence electrons. The molecule has 1 aromatic carbocycles. The fraction of sp³-hybridized carbons (Fsp3) is 0.250. The molecule has 1 N–H and O–H groups in total. The number of nitrogens with one attached hydrogen (secondary N) is 1. The molecule has 3 aromatic rings. The van der Waals surface area contributed by atoms with Crippen LogP contribution in [0.2, 0.25) is 0 Å². The monoisotopic (exact) mass is 283 g/mol. The van der Waals surface area contributed by atoms with Crippen molar-refractivity contribution in [3.8, 4) is 22.8 Å². The van der Waals surface area contributed by atoms with Crippen LogP contribution in [-0.4, -0.2) is 15.0 Å². The van der Waals surface area contributed by atoms with E-state index in [0.717, 1.165) is 27.8 Å². The maximum atomic E-state index is 4.68. The molecular weight excluding hydrogens is 266 g/mol. The minimum absolute atomic E-state index is 0.0811. The summed E-state index contributed by atoms with van der Waals surface area (Å²) >= 11 is 1.69. The Morgan fingerprint density at radius 3 is 2.50 bits per heavy atom. The van der Waals surface area contributed by atoms with E-state index in [-0.39, 0.29) is 5.41 Å².